The van der Waals surface area contributed by atoms with E-state index in [-0.39, 0.29) is 6.10 Å². The number of rotatable bonds is 5. The number of aliphatic hydroxyl groups is 1. The molecular weight excluding hydrogens is 260 g/mol. The highest BCUT2D eigenvalue weighted by atomic mass is 35.5. The van der Waals surface area contributed by atoms with E-state index >= 15 is 0 Å². The molecule has 0 aliphatic heterocycles. The third-order valence-electron chi connectivity index (χ3n) is 4.16. The summed E-state index contributed by atoms with van der Waals surface area (Å²) in [7, 11) is 0. The van der Waals surface area contributed by atoms with Crippen LogP contribution >= 0.6 is 11.6 Å². The Labute approximate surface area is 120 Å². The van der Waals surface area contributed by atoms with Crippen LogP contribution in [0.2, 0.25) is 5.02 Å². The van der Waals surface area contributed by atoms with Gasteiger partial charge in [-0.25, -0.2) is 0 Å². The van der Waals surface area contributed by atoms with Gasteiger partial charge >= 0.3 is 0 Å². The fourth-order valence-electron chi connectivity index (χ4n) is 2.93. The third-order valence-corrected chi connectivity index (χ3v) is 4.40. The van der Waals surface area contributed by atoms with Gasteiger partial charge in [-0.3, -0.25) is 0 Å². The van der Waals surface area contributed by atoms with Gasteiger partial charge in [0, 0.05) is 5.02 Å². The van der Waals surface area contributed by atoms with Crippen molar-refractivity contribution in [2.24, 2.45) is 11.8 Å². The predicted octanol–water partition coefficient (Wildman–Crippen LogP) is 4.30. The minimum absolute atomic E-state index is 0.363. The molecule has 3 atom stereocenters. The molecule has 1 saturated carbocycles. The maximum Gasteiger partial charge on any atom is 0.120 e. The van der Waals surface area contributed by atoms with Crippen molar-refractivity contribution in [2.45, 2.75) is 45.1 Å². The zero-order valence-electron chi connectivity index (χ0n) is 11.5. The summed E-state index contributed by atoms with van der Waals surface area (Å²) in [6.45, 7) is 2.60. The smallest absolute Gasteiger partial charge is 0.120 e. The maximum atomic E-state index is 10.3. The van der Waals surface area contributed by atoms with Gasteiger partial charge in [0.15, 0.2) is 0 Å². The van der Waals surface area contributed by atoms with Crippen molar-refractivity contribution in [3.8, 4) is 5.75 Å². The minimum atomic E-state index is -0.367. The zero-order valence-corrected chi connectivity index (χ0v) is 12.3. The molecule has 1 aliphatic carbocycles. The van der Waals surface area contributed by atoms with Crippen LogP contribution in [0.3, 0.4) is 0 Å². The van der Waals surface area contributed by atoms with Crippen molar-refractivity contribution in [1.82, 2.24) is 0 Å². The van der Waals surface area contributed by atoms with E-state index in [1.165, 1.54) is 19.3 Å². The highest BCUT2D eigenvalue weighted by Gasteiger charge is 2.26. The van der Waals surface area contributed by atoms with E-state index in [0.717, 1.165) is 24.5 Å². The van der Waals surface area contributed by atoms with E-state index in [4.69, 9.17) is 16.3 Å². The van der Waals surface area contributed by atoms with E-state index in [1.54, 1.807) is 6.07 Å². The molecule has 3 heteroatoms. The minimum Gasteiger partial charge on any atom is -0.491 e. The Morgan fingerprint density at radius 2 is 2.26 bits per heavy atom. The number of hydrogen-bond donors (Lipinski definition) is 1. The number of aliphatic hydroxyl groups excluding tert-OH is 1. The van der Waals surface area contributed by atoms with Crippen LogP contribution in [0.4, 0.5) is 0 Å². The summed E-state index contributed by atoms with van der Waals surface area (Å²) in [5.74, 6) is 1.90. The fraction of sp³-hybridized carbons (Fsp3) is 0.625. The van der Waals surface area contributed by atoms with Crippen LogP contribution in [0.5, 0.6) is 5.75 Å². The van der Waals surface area contributed by atoms with Crippen LogP contribution in [0.1, 0.15) is 39.0 Å². The molecule has 0 spiro atoms. The molecule has 106 valence electrons. The van der Waals surface area contributed by atoms with E-state index in [9.17, 15) is 5.11 Å². The fourth-order valence-corrected chi connectivity index (χ4v) is 3.11. The van der Waals surface area contributed by atoms with Crippen LogP contribution in [-0.2, 0) is 0 Å². The number of halogens is 1. The topological polar surface area (TPSA) is 29.5 Å². The first-order chi connectivity index (χ1) is 9.19. The van der Waals surface area contributed by atoms with Crippen molar-refractivity contribution in [3.05, 3.63) is 29.3 Å². The molecule has 19 heavy (non-hydrogen) atoms. The second-order valence-corrected chi connectivity index (χ2v) is 5.97. The van der Waals surface area contributed by atoms with Gasteiger partial charge in [-0.05, 0) is 42.9 Å². The first kappa shape index (κ1) is 14.7. The molecule has 1 aliphatic rings. The lowest BCUT2D eigenvalue weighted by molar-refractivity contribution is 0.0302. The van der Waals surface area contributed by atoms with Gasteiger partial charge in [0.1, 0.15) is 12.4 Å². The zero-order chi connectivity index (χ0) is 13.7. The van der Waals surface area contributed by atoms with Gasteiger partial charge in [0.25, 0.3) is 0 Å². The molecule has 0 aromatic heterocycles. The van der Waals surface area contributed by atoms with E-state index in [0.29, 0.717) is 17.5 Å². The van der Waals surface area contributed by atoms with E-state index in [2.05, 4.69) is 6.92 Å². The summed E-state index contributed by atoms with van der Waals surface area (Å²) in [6, 6.07) is 7.33. The summed E-state index contributed by atoms with van der Waals surface area (Å²) in [5.41, 5.74) is 0. The Morgan fingerprint density at radius 1 is 1.42 bits per heavy atom. The maximum absolute atomic E-state index is 10.3. The van der Waals surface area contributed by atoms with E-state index < -0.39 is 0 Å². The highest BCUT2D eigenvalue weighted by Crippen LogP contribution is 2.33. The molecule has 2 nitrogen and oxygen atoms in total. The first-order valence-corrected chi connectivity index (χ1v) is 7.63. The second kappa shape index (κ2) is 7.16. The molecule has 1 aromatic carbocycles. The number of hydrogen-bond acceptors (Lipinski definition) is 2. The Kier molecular flexibility index (Phi) is 5.53. The quantitative estimate of drug-likeness (QED) is 0.873. The Balaban J connectivity index is 1.82. The molecule has 1 N–H and O–H groups in total. The van der Waals surface area contributed by atoms with Crippen LogP contribution in [-0.4, -0.2) is 17.8 Å². The van der Waals surface area contributed by atoms with Crippen molar-refractivity contribution in [3.63, 3.8) is 0 Å². The summed E-state index contributed by atoms with van der Waals surface area (Å²) in [5, 5.41) is 10.9. The first-order valence-electron chi connectivity index (χ1n) is 7.25. The lowest BCUT2D eigenvalue weighted by atomic mass is 9.78. The van der Waals surface area contributed by atoms with Gasteiger partial charge in [-0.1, -0.05) is 43.9 Å². The van der Waals surface area contributed by atoms with E-state index in [1.807, 2.05) is 18.2 Å². The average molecular weight is 283 g/mol. The van der Waals surface area contributed by atoms with Gasteiger partial charge in [-0.2, -0.15) is 0 Å². The SMILES string of the molecule is CCC1CCCC(C(O)COc2cccc(Cl)c2)C1. The molecule has 1 fully saturated rings. The molecule has 0 amide bonds. The highest BCUT2D eigenvalue weighted by molar-refractivity contribution is 6.30. The molecule has 0 bridgehead atoms. The predicted molar refractivity (Wildman–Crippen MR) is 78.7 cm³/mol. The van der Waals surface area contributed by atoms with Crippen LogP contribution in [0.25, 0.3) is 0 Å². The van der Waals surface area contributed by atoms with Crippen molar-refractivity contribution in [1.29, 1.82) is 0 Å². The monoisotopic (exact) mass is 282 g/mol. The Morgan fingerprint density at radius 3 is 3.00 bits per heavy atom. The lowest BCUT2D eigenvalue weighted by Crippen LogP contribution is -2.31. The lowest BCUT2D eigenvalue weighted by Gasteiger charge is -2.31. The summed E-state index contributed by atoms with van der Waals surface area (Å²) in [6.07, 6.45) is 5.66. The largest absolute Gasteiger partial charge is 0.491 e. The number of benzene rings is 1. The van der Waals surface area contributed by atoms with Crippen molar-refractivity contribution < 1.29 is 9.84 Å². The molecule has 0 saturated heterocycles. The molecule has 0 radical (unpaired) electrons. The van der Waals surface area contributed by atoms with Crippen LogP contribution in [0.15, 0.2) is 24.3 Å². The normalized spacial score (nSPS) is 25.0. The molecule has 1 aromatic rings. The second-order valence-electron chi connectivity index (χ2n) is 5.54. The van der Waals surface area contributed by atoms with Gasteiger partial charge < -0.3 is 9.84 Å². The molecule has 3 unspecified atom stereocenters. The van der Waals surface area contributed by atoms with Gasteiger partial charge in [-0.15, -0.1) is 0 Å². The summed E-state index contributed by atoms with van der Waals surface area (Å²) in [4.78, 5) is 0. The Hall–Kier alpha value is -0.730. The van der Waals surface area contributed by atoms with Gasteiger partial charge in [0.2, 0.25) is 0 Å². The van der Waals surface area contributed by atoms with Crippen LogP contribution in [0, 0.1) is 11.8 Å². The molecular formula is C16H23ClO2. The third kappa shape index (κ3) is 4.39. The van der Waals surface area contributed by atoms with Crippen molar-refractivity contribution in [2.75, 3.05) is 6.61 Å². The van der Waals surface area contributed by atoms with Gasteiger partial charge in [0.05, 0.1) is 6.10 Å². The van der Waals surface area contributed by atoms with Crippen LogP contribution < -0.4 is 4.74 Å². The average Bonchev–Trinajstić information content (AvgIpc) is 2.45. The Bertz CT molecular complexity index is 394. The summed E-state index contributed by atoms with van der Waals surface area (Å²) >= 11 is 5.90. The standard InChI is InChI=1S/C16H23ClO2/c1-2-12-5-3-6-13(9-12)16(18)11-19-15-8-4-7-14(17)10-15/h4,7-8,10,12-13,16,18H,2-3,5-6,9,11H2,1H3. The summed E-state index contributed by atoms with van der Waals surface area (Å²) < 4.78 is 5.64. The van der Waals surface area contributed by atoms with Crippen molar-refractivity contribution >= 4 is 11.6 Å². The molecule has 0 heterocycles. The number of ether oxygens (including phenoxy) is 1. The molecule has 2 rings (SSSR count).